The molecule has 0 aliphatic heterocycles. The lowest BCUT2D eigenvalue weighted by Crippen LogP contribution is -2.02. The van der Waals surface area contributed by atoms with Crippen molar-refractivity contribution in [2.24, 2.45) is 0 Å². The summed E-state index contributed by atoms with van der Waals surface area (Å²) in [6.07, 6.45) is 6.74. The monoisotopic (exact) mass is 740 g/mol. The minimum atomic E-state index is 0.722. The number of benzene rings is 8. The van der Waals surface area contributed by atoms with Gasteiger partial charge in [0.25, 0.3) is 0 Å². The van der Waals surface area contributed by atoms with Gasteiger partial charge in [0.2, 0.25) is 0 Å². The zero-order valence-corrected chi connectivity index (χ0v) is 31.7. The molecule has 0 unspecified atom stereocenters. The molecule has 12 rings (SSSR count). The first-order chi connectivity index (χ1) is 28.8. The van der Waals surface area contributed by atoms with Gasteiger partial charge in [0, 0.05) is 55.3 Å². The average Bonchev–Trinajstić information content (AvgIpc) is 3.81. The van der Waals surface area contributed by atoms with Crippen molar-refractivity contribution in [3.63, 3.8) is 0 Å². The van der Waals surface area contributed by atoms with Crippen LogP contribution in [0.2, 0.25) is 0 Å². The zero-order chi connectivity index (χ0) is 38.2. The Hall–Kier alpha value is -7.56. The maximum atomic E-state index is 5.32. The van der Waals surface area contributed by atoms with Gasteiger partial charge in [0.05, 0.1) is 27.8 Å². The van der Waals surface area contributed by atoms with E-state index in [0.717, 1.165) is 57.5 Å². The summed E-state index contributed by atoms with van der Waals surface area (Å²) in [4.78, 5) is 10.4. The van der Waals surface area contributed by atoms with E-state index in [2.05, 4.69) is 185 Å². The zero-order valence-electron chi connectivity index (χ0n) is 31.7. The molecule has 0 atom stereocenters. The van der Waals surface area contributed by atoms with Crippen LogP contribution in [0.4, 0.5) is 0 Å². The van der Waals surface area contributed by atoms with Gasteiger partial charge in [-0.3, -0.25) is 0 Å². The molecule has 0 radical (unpaired) electrons. The SMILES string of the molecule is C1=Cc2c(n(-c3ccccc3)c3ccc(-c4ccc5c(c4)c4ccccc4n5-c4cccc(-c5nc(-c6ccccc6)nc6ccc7ccccc7c56)c4)cc23)CC1. The van der Waals surface area contributed by atoms with E-state index in [4.69, 9.17) is 9.97 Å². The normalized spacial score (nSPS) is 12.6. The highest BCUT2D eigenvalue weighted by atomic mass is 15.0. The Kier molecular flexibility index (Phi) is 7.32. The third-order valence-corrected chi connectivity index (χ3v) is 12.0. The average molecular weight is 741 g/mol. The summed E-state index contributed by atoms with van der Waals surface area (Å²) in [5.74, 6) is 0.722. The first-order valence-electron chi connectivity index (χ1n) is 20.1. The van der Waals surface area contributed by atoms with Crippen molar-refractivity contribution in [2.45, 2.75) is 12.8 Å². The number of para-hydroxylation sites is 2. The van der Waals surface area contributed by atoms with Gasteiger partial charge in [-0.1, -0.05) is 133 Å². The second-order valence-corrected chi connectivity index (χ2v) is 15.3. The number of fused-ring (bicyclic) bond motifs is 9. The minimum absolute atomic E-state index is 0.722. The molecule has 0 spiro atoms. The fourth-order valence-corrected chi connectivity index (χ4v) is 9.32. The van der Waals surface area contributed by atoms with Gasteiger partial charge in [0.15, 0.2) is 5.82 Å². The molecule has 1 aliphatic rings. The standard InChI is InChI=1S/C54H36N4/c1-3-15-36(16-4-1)54-55-47-29-26-35-14-7-8-21-42(35)52(47)53(56-54)39-17-13-20-41(32-39)58-49-25-12-10-23-44(49)46-34-38(28-31-51(46)58)37-27-30-50-45(33-37)43-22-9-11-24-48(43)57(50)40-18-5-2-6-19-40/h1-10,12-23,25-34H,11,24H2. The molecule has 0 N–H and O–H groups in total. The van der Waals surface area contributed by atoms with Crippen LogP contribution in [-0.4, -0.2) is 19.1 Å². The number of nitrogens with zero attached hydrogens (tertiary/aromatic N) is 4. The van der Waals surface area contributed by atoms with Gasteiger partial charge in [-0.2, -0.15) is 0 Å². The highest BCUT2D eigenvalue weighted by molar-refractivity contribution is 6.13. The highest BCUT2D eigenvalue weighted by Crippen LogP contribution is 2.40. The van der Waals surface area contributed by atoms with Crippen LogP contribution in [0.15, 0.2) is 188 Å². The summed E-state index contributed by atoms with van der Waals surface area (Å²) in [7, 11) is 0. The molecule has 11 aromatic rings. The van der Waals surface area contributed by atoms with Crippen molar-refractivity contribution in [1.29, 1.82) is 0 Å². The molecule has 3 heterocycles. The van der Waals surface area contributed by atoms with Crippen LogP contribution in [0, 0.1) is 0 Å². The molecule has 0 saturated heterocycles. The van der Waals surface area contributed by atoms with Gasteiger partial charge >= 0.3 is 0 Å². The van der Waals surface area contributed by atoms with Crippen molar-refractivity contribution in [3.8, 4) is 45.1 Å². The van der Waals surface area contributed by atoms with Crippen LogP contribution in [-0.2, 0) is 6.42 Å². The van der Waals surface area contributed by atoms with Crippen molar-refractivity contribution in [2.75, 3.05) is 0 Å². The maximum Gasteiger partial charge on any atom is 0.160 e. The summed E-state index contributed by atoms with van der Waals surface area (Å²) in [5, 5.41) is 7.14. The highest BCUT2D eigenvalue weighted by Gasteiger charge is 2.21. The predicted octanol–water partition coefficient (Wildman–Crippen LogP) is 13.8. The topological polar surface area (TPSA) is 35.6 Å². The Labute approximate surface area is 335 Å². The lowest BCUT2D eigenvalue weighted by atomic mass is 9.98. The van der Waals surface area contributed by atoms with E-state index in [1.54, 1.807) is 0 Å². The molecule has 0 saturated carbocycles. The molecule has 4 nitrogen and oxygen atoms in total. The third kappa shape index (κ3) is 5.08. The molecule has 0 fully saturated rings. The number of hydrogen-bond acceptors (Lipinski definition) is 2. The quantitative estimate of drug-likeness (QED) is 0.165. The molecule has 0 amide bonds. The predicted molar refractivity (Wildman–Crippen MR) is 242 cm³/mol. The molecular formula is C54H36N4. The summed E-state index contributed by atoms with van der Waals surface area (Å²) < 4.78 is 4.86. The number of aromatic nitrogens is 4. The van der Waals surface area contributed by atoms with Gasteiger partial charge in [-0.05, 0) is 95.4 Å². The molecule has 58 heavy (non-hydrogen) atoms. The Morgan fingerprint density at radius 2 is 1.10 bits per heavy atom. The molecule has 4 heteroatoms. The maximum absolute atomic E-state index is 5.32. The smallest absolute Gasteiger partial charge is 0.160 e. The Morgan fingerprint density at radius 1 is 0.431 bits per heavy atom. The number of allylic oxidation sites excluding steroid dienone is 1. The lowest BCUT2D eigenvalue weighted by Gasteiger charge is -2.14. The largest absolute Gasteiger partial charge is 0.313 e. The second-order valence-electron chi connectivity index (χ2n) is 15.3. The van der Waals surface area contributed by atoms with Crippen molar-refractivity contribution >= 4 is 60.5 Å². The van der Waals surface area contributed by atoms with Crippen LogP contribution in [0.3, 0.4) is 0 Å². The Balaban J connectivity index is 1.03. The van der Waals surface area contributed by atoms with Crippen LogP contribution in [0.1, 0.15) is 17.7 Å². The van der Waals surface area contributed by atoms with Crippen LogP contribution < -0.4 is 0 Å². The van der Waals surface area contributed by atoms with E-state index in [-0.39, 0.29) is 0 Å². The first kappa shape index (κ1) is 32.7. The minimum Gasteiger partial charge on any atom is -0.313 e. The van der Waals surface area contributed by atoms with Gasteiger partial charge in [-0.15, -0.1) is 0 Å². The van der Waals surface area contributed by atoms with Crippen LogP contribution in [0.25, 0.3) is 106 Å². The van der Waals surface area contributed by atoms with Crippen LogP contribution in [0.5, 0.6) is 0 Å². The molecule has 3 aromatic heterocycles. The van der Waals surface area contributed by atoms with Gasteiger partial charge in [0.1, 0.15) is 0 Å². The number of hydrogen-bond donors (Lipinski definition) is 0. The summed E-state index contributed by atoms with van der Waals surface area (Å²) >= 11 is 0. The molecule has 1 aliphatic carbocycles. The summed E-state index contributed by atoms with van der Waals surface area (Å²) in [5.41, 5.74) is 15.0. The summed E-state index contributed by atoms with van der Waals surface area (Å²) in [6, 6.07) is 65.5. The van der Waals surface area contributed by atoms with E-state index < -0.39 is 0 Å². The van der Waals surface area contributed by atoms with E-state index in [0.29, 0.717) is 0 Å². The van der Waals surface area contributed by atoms with Gasteiger partial charge in [-0.25, -0.2) is 9.97 Å². The molecule has 272 valence electrons. The summed E-state index contributed by atoms with van der Waals surface area (Å²) in [6.45, 7) is 0. The van der Waals surface area contributed by atoms with E-state index in [1.165, 1.54) is 66.2 Å². The Morgan fingerprint density at radius 3 is 1.95 bits per heavy atom. The fraction of sp³-hybridized carbons (Fsp3) is 0.0370. The van der Waals surface area contributed by atoms with Crippen molar-refractivity contribution in [1.82, 2.24) is 19.1 Å². The van der Waals surface area contributed by atoms with Crippen molar-refractivity contribution < 1.29 is 0 Å². The van der Waals surface area contributed by atoms with E-state index in [1.807, 2.05) is 18.2 Å². The third-order valence-electron chi connectivity index (χ3n) is 12.0. The van der Waals surface area contributed by atoms with E-state index >= 15 is 0 Å². The second kappa shape index (κ2) is 13.0. The number of rotatable bonds is 5. The lowest BCUT2D eigenvalue weighted by molar-refractivity contribution is 0.888. The molecular weight excluding hydrogens is 705 g/mol. The Bertz CT molecular complexity index is 3440. The fourth-order valence-electron chi connectivity index (χ4n) is 9.32. The molecule has 0 bridgehead atoms. The molecule has 8 aromatic carbocycles. The first-order valence-corrected chi connectivity index (χ1v) is 20.1. The van der Waals surface area contributed by atoms with E-state index in [9.17, 15) is 0 Å². The van der Waals surface area contributed by atoms with Crippen molar-refractivity contribution in [3.05, 3.63) is 199 Å². The van der Waals surface area contributed by atoms with Gasteiger partial charge < -0.3 is 9.13 Å². The van der Waals surface area contributed by atoms with Crippen LogP contribution >= 0.6 is 0 Å².